The molecular formula is C9H9NO6. The third-order valence-electron chi connectivity index (χ3n) is 2.05. The normalized spacial score (nSPS) is 9.88. The smallest absolute Gasteiger partial charge is 0.342 e. The number of carbonyl (C=O) groups is 2. The van der Waals surface area contributed by atoms with Gasteiger partial charge in [0.2, 0.25) is 11.4 Å². The van der Waals surface area contributed by atoms with Crippen LogP contribution >= 0.6 is 0 Å². The summed E-state index contributed by atoms with van der Waals surface area (Å²) in [5.74, 6) is -3.21. The van der Waals surface area contributed by atoms with E-state index in [1.54, 1.807) is 0 Å². The van der Waals surface area contributed by atoms with Crippen LogP contribution in [0.5, 0.6) is 5.75 Å². The molecule has 0 saturated heterocycles. The topological polar surface area (TPSA) is 111 Å². The third-order valence-corrected chi connectivity index (χ3v) is 2.05. The first kappa shape index (κ1) is 11.8. The van der Waals surface area contributed by atoms with Crippen molar-refractivity contribution in [3.05, 3.63) is 28.2 Å². The van der Waals surface area contributed by atoms with Gasteiger partial charge in [-0.25, -0.2) is 9.59 Å². The lowest BCUT2D eigenvalue weighted by Crippen LogP contribution is -2.33. The largest absolute Gasteiger partial charge is 0.618 e. The minimum atomic E-state index is -1.50. The van der Waals surface area contributed by atoms with Gasteiger partial charge in [0.15, 0.2) is 6.20 Å². The summed E-state index contributed by atoms with van der Waals surface area (Å²) in [7, 11) is 1.17. The number of carboxylic acid groups (broad SMARTS) is 2. The molecule has 2 N–H and O–H groups in total. The Labute approximate surface area is 90.1 Å². The molecule has 0 amide bonds. The van der Waals surface area contributed by atoms with Gasteiger partial charge < -0.3 is 20.2 Å². The molecule has 86 valence electrons. The van der Waals surface area contributed by atoms with Crippen molar-refractivity contribution in [3.8, 4) is 5.75 Å². The van der Waals surface area contributed by atoms with Crippen LogP contribution in [0.1, 0.15) is 26.4 Å². The van der Waals surface area contributed by atoms with Crippen molar-refractivity contribution < 1.29 is 29.3 Å². The average molecular weight is 227 g/mol. The molecule has 1 aromatic heterocycles. The van der Waals surface area contributed by atoms with Gasteiger partial charge in [-0.15, -0.1) is 0 Å². The standard InChI is InChI=1S/C9H9NO6/c1-4-7(16-2)6(9(13)14)5(8(11)12)3-10(4)15/h3H,1-2H3,(H,11,12)(H,13,14). The number of nitrogens with zero attached hydrogens (tertiary/aromatic N) is 1. The highest BCUT2D eigenvalue weighted by Crippen LogP contribution is 2.23. The van der Waals surface area contributed by atoms with Crippen LogP contribution < -0.4 is 9.47 Å². The summed E-state index contributed by atoms with van der Waals surface area (Å²) < 4.78 is 5.00. The van der Waals surface area contributed by atoms with Crippen molar-refractivity contribution >= 4 is 11.9 Å². The van der Waals surface area contributed by atoms with E-state index in [-0.39, 0.29) is 16.2 Å². The van der Waals surface area contributed by atoms with E-state index in [0.717, 1.165) is 0 Å². The second-order valence-electron chi connectivity index (χ2n) is 2.97. The van der Waals surface area contributed by atoms with Gasteiger partial charge in [0.1, 0.15) is 11.1 Å². The molecule has 1 aromatic rings. The average Bonchev–Trinajstić information content (AvgIpc) is 2.20. The van der Waals surface area contributed by atoms with E-state index in [9.17, 15) is 14.8 Å². The highest BCUT2D eigenvalue weighted by atomic mass is 16.5. The predicted octanol–water partition coefficient (Wildman–Crippen LogP) is 0.0334. The lowest BCUT2D eigenvalue weighted by Gasteiger charge is -2.10. The van der Waals surface area contributed by atoms with E-state index in [1.165, 1.54) is 14.0 Å². The molecule has 7 heteroatoms. The van der Waals surface area contributed by atoms with E-state index in [2.05, 4.69) is 0 Å². The summed E-state index contributed by atoms with van der Waals surface area (Å²) in [6.45, 7) is 1.34. The third kappa shape index (κ3) is 1.74. The summed E-state index contributed by atoms with van der Waals surface area (Å²) >= 11 is 0. The molecule has 0 saturated carbocycles. The lowest BCUT2D eigenvalue weighted by atomic mass is 10.1. The fraction of sp³-hybridized carbons (Fsp3) is 0.222. The quantitative estimate of drug-likeness (QED) is 0.556. The molecule has 1 heterocycles. The zero-order valence-corrected chi connectivity index (χ0v) is 8.55. The first-order chi connectivity index (χ1) is 7.40. The Morgan fingerprint density at radius 1 is 1.38 bits per heavy atom. The SMILES string of the molecule is COc1c(C(=O)O)c(C(=O)O)c[n+]([O-])c1C. The minimum absolute atomic E-state index is 0.00935. The Kier molecular flexibility index (Phi) is 2.98. The highest BCUT2D eigenvalue weighted by Gasteiger charge is 2.28. The maximum Gasteiger partial charge on any atom is 0.342 e. The van der Waals surface area contributed by atoms with Gasteiger partial charge in [-0.3, -0.25) is 0 Å². The number of aromatic carboxylic acids is 2. The summed E-state index contributed by atoms with van der Waals surface area (Å²) in [6, 6.07) is 0. The molecule has 1 rings (SSSR count). The Hall–Kier alpha value is -2.31. The first-order valence-corrected chi connectivity index (χ1v) is 4.17. The van der Waals surface area contributed by atoms with Crippen LogP contribution in [0.2, 0.25) is 0 Å². The minimum Gasteiger partial charge on any atom is -0.618 e. The molecule has 0 spiro atoms. The Morgan fingerprint density at radius 3 is 2.31 bits per heavy atom. The first-order valence-electron chi connectivity index (χ1n) is 4.17. The number of hydrogen-bond donors (Lipinski definition) is 2. The van der Waals surface area contributed by atoms with E-state index in [0.29, 0.717) is 6.20 Å². The fourth-order valence-corrected chi connectivity index (χ4v) is 1.31. The lowest BCUT2D eigenvalue weighted by molar-refractivity contribution is -0.612. The molecule has 0 aromatic carbocycles. The number of pyridine rings is 1. The Morgan fingerprint density at radius 2 is 1.94 bits per heavy atom. The van der Waals surface area contributed by atoms with E-state index in [1.807, 2.05) is 0 Å². The van der Waals surface area contributed by atoms with Gasteiger partial charge in [-0.05, 0) is 0 Å². The molecule has 0 fully saturated rings. The fourth-order valence-electron chi connectivity index (χ4n) is 1.31. The van der Waals surface area contributed by atoms with Crippen LogP contribution in [-0.2, 0) is 0 Å². The van der Waals surface area contributed by atoms with E-state index in [4.69, 9.17) is 14.9 Å². The summed E-state index contributed by atoms with van der Waals surface area (Å²) in [5, 5.41) is 28.9. The maximum absolute atomic E-state index is 11.3. The monoisotopic (exact) mass is 227 g/mol. The molecule has 0 radical (unpaired) electrons. The Bertz CT molecular complexity index is 468. The van der Waals surface area contributed by atoms with Crippen molar-refractivity contribution in [2.45, 2.75) is 6.92 Å². The molecule has 0 aliphatic heterocycles. The molecular weight excluding hydrogens is 218 g/mol. The second kappa shape index (κ2) is 4.05. The molecule has 16 heavy (non-hydrogen) atoms. The van der Waals surface area contributed by atoms with Gasteiger partial charge in [-0.2, -0.15) is 4.73 Å². The van der Waals surface area contributed by atoms with Crippen molar-refractivity contribution in [2.75, 3.05) is 7.11 Å². The number of rotatable bonds is 3. The molecule has 0 aliphatic rings. The predicted molar refractivity (Wildman–Crippen MR) is 50.6 cm³/mol. The van der Waals surface area contributed by atoms with Gasteiger partial charge >= 0.3 is 11.9 Å². The molecule has 0 aliphatic carbocycles. The Balaban J connectivity index is 3.69. The second-order valence-corrected chi connectivity index (χ2v) is 2.97. The van der Waals surface area contributed by atoms with Crippen LogP contribution in [0.15, 0.2) is 6.20 Å². The molecule has 0 bridgehead atoms. The highest BCUT2D eigenvalue weighted by molar-refractivity contribution is 6.03. The van der Waals surface area contributed by atoms with Gasteiger partial charge in [-0.1, -0.05) is 0 Å². The number of aromatic nitrogens is 1. The maximum atomic E-state index is 11.3. The molecule has 0 atom stereocenters. The number of ether oxygens (including phenoxy) is 1. The number of hydrogen-bond acceptors (Lipinski definition) is 4. The zero-order valence-electron chi connectivity index (χ0n) is 8.55. The number of carboxylic acids is 2. The van der Waals surface area contributed by atoms with Crippen molar-refractivity contribution in [1.29, 1.82) is 0 Å². The molecule has 7 nitrogen and oxygen atoms in total. The van der Waals surface area contributed by atoms with Gasteiger partial charge in [0, 0.05) is 6.92 Å². The zero-order chi connectivity index (χ0) is 12.5. The van der Waals surface area contributed by atoms with E-state index >= 15 is 0 Å². The van der Waals surface area contributed by atoms with E-state index < -0.39 is 23.1 Å². The van der Waals surface area contributed by atoms with Gasteiger partial charge in [0.25, 0.3) is 0 Å². The van der Waals surface area contributed by atoms with Crippen LogP contribution in [0.25, 0.3) is 0 Å². The van der Waals surface area contributed by atoms with Crippen LogP contribution in [0, 0.1) is 12.1 Å². The number of methoxy groups -OCH3 is 1. The van der Waals surface area contributed by atoms with Crippen LogP contribution in [0.3, 0.4) is 0 Å². The summed E-state index contributed by atoms with van der Waals surface area (Å²) in [6.07, 6.45) is 0.698. The van der Waals surface area contributed by atoms with Gasteiger partial charge in [0.05, 0.1) is 7.11 Å². The molecule has 0 unspecified atom stereocenters. The van der Waals surface area contributed by atoms with Crippen molar-refractivity contribution in [2.24, 2.45) is 0 Å². The summed E-state index contributed by atoms with van der Waals surface area (Å²) in [5.41, 5.74) is -1.14. The van der Waals surface area contributed by atoms with Crippen LogP contribution in [0.4, 0.5) is 0 Å². The summed E-state index contributed by atoms with van der Waals surface area (Å²) in [4.78, 5) is 21.7. The van der Waals surface area contributed by atoms with Crippen molar-refractivity contribution in [1.82, 2.24) is 0 Å². The van der Waals surface area contributed by atoms with Crippen molar-refractivity contribution in [3.63, 3.8) is 0 Å². The van der Waals surface area contributed by atoms with Crippen LogP contribution in [-0.4, -0.2) is 29.3 Å².